The SMILES string of the molecule is C=CC(=O)N1CC(CC(=O)Cn2cc(-c3c(F)ccc(C=N)c3C)c3cc(-c4c(F)ccc(C=N)c4N)ccc32)C1. The predicted molar refractivity (Wildman–Crippen MR) is 158 cm³/mol. The maximum absolute atomic E-state index is 15.4. The molecule has 4 aromatic rings. The van der Waals surface area contributed by atoms with Gasteiger partial charge in [0.15, 0.2) is 5.78 Å². The van der Waals surface area contributed by atoms with Crippen LogP contribution in [-0.2, 0) is 16.1 Å². The van der Waals surface area contributed by atoms with Gasteiger partial charge in [-0.15, -0.1) is 0 Å². The van der Waals surface area contributed by atoms with Crippen LogP contribution < -0.4 is 5.73 Å². The molecule has 0 radical (unpaired) electrons. The van der Waals surface area contributed by atoms with Gasteiger partial charge in [0.1, 0.15) is 11.6 Å². The molecule has 1 saturated heterocycles. The Balaban J connectivity index is 1.60. The summed E-state index contributed by atoms with van der Waals surface area (Å²) in [5.74, 6) is -1.16. The van der Waals surface area contributed by atoms with Crippen LogP contribution in [0.1, 0.15) is 23.1 Å². The van der Waals surface area contributed by atoms with Gasteiger partial charge in [0, 0.05) is 77.2 Å². The third kappa shape index (κ3) is 4.95. The molecule has 0 saturated carbocycles. The van der Waals surface area contributed by atoms with Crippen molar-refractivity contribution in [3.63, 3.8) is 0 Å². The lowest BCUT2D eigenvalue weighted by atomic mass is 9.93. The molecular formula is C32H29F2N5O2. The largest absolute Gasteiger partial charge is 0.398 e. The van der Waals surface area contributed by atoms with Crippen molar-refractivity contribution >= 4 is 40.7 Å². The lowest BCUT2D eigenvalue weighted by Gasteiger charge is -2.38. The molecule has 2 heterocycles. The van der Waals surface area contributed by atoms with Gasteiger partial charge >= 0.3 is 0 Å². The summed E-state index contributed by atoms with van der Waals surface area (Å²) >= 11 is 0. The van der Waals surface area contributed by atoms with Crippen molar-refractivity contribution in [2.75, 3.05) is 18.8 Å². The summed E-state index contributed by atoms with van der Waals surface area (Å²) < 4.78 is 32.1. The van der Waals surface area contributed by atoms with E-state index in [0.717, 1.165) is 12.4 Å². The number of carbonyl (C=O) groups is 2. The summed E-state index contributed by atoms with van der Waals surface area (Å²) in [4.78, 5) is 26.5. The van der Waals surface area contributed by atoms with E-state index in [1.807, 2.05) is 0 Å². The van der Waals surface area contributed by atoms with E-state index in [1.165, 1.54) is 30.3 Å². The van der Waals surface area contributed by atoms with Crippen LogP contribution in [0.2, 0.25) is 0 Å². The summed E-state index contributed by atoms with van der Waals surface area (Å²) in [6.07, 6.45) is 5.48. The molecule has 41 heavy (non-hydrogen) atoms. The number of hydrogen-bond donors (Lipinski definition) is 3. The smallest absolute Gasteiger partial charge is 0.245 e. The molecular weight excluding hydrogens is 524 g/mol. The second kappa shape index (κ2) is 10.9. The van der Waals surface area contributed by atoms with Gasteiger partial charge in [-0.2, -0.15) is 0 Å². The van der Waals surface area contributed by atoms with Crippen molar-refractivity contribution in [1.29, 1.82) is 10.8 Å². The van der Waals surface area contributed by atoms with Crippen molar-refractivity contribution in [2.45, 2.75) is 19.9 Å². The van der Waals surface area contributed by atoms with Gasteiger partial charge in [-0.1, -0.05) is 18.7 Å². The van der Waals surface area contributed by atoms with Gasteiger partial charge in [0.05, 0.1) is 12.2 Å². The van der Waals surface area contributed by atoms with E-state index in [9.17, 15) is 9.59 Å². The number of nitrogen functional groups attached to an aromatic ring is 1. The number of amides is 1. The van der Waals surface area contributed by atoms with Crippen molar-refractivity contribution in [3.05, 3.63) is 89.6 Å². The summed E-state index contributed by atoms with van der Waals surface area (Å²) in [5.41, 5.74) is 9.85. The molecule has 4 N–H and O–H groups in total. The van der Waals surface area contributed by atoms with Gasteiger partial charge < -0.3 is 26.0 Å². The highest BCUT2D eigenvalue weighted by Gasteiger charge is 2.31. The molecule has 1 aliphatic rings. The van der Waals surface area contributed by atoms with Gasteiger partial charge in [0.2, 0.25) is 5.91 Å². The van der Waals surface area contributed by atoms with E-state index in [4.69, 9.17) is 16.6 Å². The summed E-state index contributed by atoms with van der Waals surface area (Å²) in [6, 6.07) is 10.7. The third-order valence-electron chi connectivity index (χ3n) is 7.74. The molecule has 0 spiro atoms. The lowest BCUT2D eigenvalue weighted by molar-refractivity contribution is -0.134. The number of fused-ring (bicyclic) bond motifs is 1. The number of aromatic nitrogens is 1. The first kappa shape index (κ1) is 27.6. The van der Waals surface area contributed by atoms with Crippen molar-refractivity contribution in [1.82, 2.24) is 9.47 Å². The first-order chi connectivity index (χ1) is 19.7. The molecule has 9 heteroatoms. The third-order valence-corrected chi connectivity index (χ3v) is 7.74. The standard InChI is InChI=1S/C32H29F2N5O2/c1-3-29(41)39-14-19(15-39)10-23(40)16-38-17-25(30-18(2)21(12-35)4-7-26(30)33)24-11-20(6-9-28(24)38)31-27(34)8-5-22(13-36)32(31)37/h3-9,11-13,17,19,35-36H,1,10,14-16,37H2,2H3. The molecule has 0 bridgehead atoms. The maximum atomic E-state index is 15.4. The van der Waals surface area contributed by atoms with E-state index in [1.54, 1.807) is 40.8 Å². The number of carbonyl (C=O) groups excluding carboxylic acids is 2. The number of halogens is 2. The number of hydrogen-bond acceptors (Lipinski definition) is 5. The van der Waals surface area contributed by atoms with E-state index in [-0.39, 0.29) is 35.4 Å². The molecule has 0 aliphatic carbocycles. The number of benzene rings is 3. The summed E-state index contributed by atoms with van der Waals surface area (Å²) in [6.45, 7) is 6.26. The number of nitrogens with one attached hydrogen (secondary N) is 2. The van der Waals surface area contributed by atoms with Crippen LogP contribution in [0.4, 0.5) is 14.5 Å². The topological polar surface area (TPSA) is 116 Å². The highest BCUT2D eigenvalue weighted by atomic mass is 19.1. The Kier molecular flexibility index (Phi) is 7.36. The molecule has 208 valence electrons. The van der Waals surface area contributed by atoms with Crippen LogP contribution in [-0.4, -0.2) is 46.7 Å². The monoisotopic (exact) mass is 553 g/mol. The molecule has 0 atom stereocenters. The van der Waals surface area contributed by atoms with Crippen molar-refractivity contribution in [2.24, 2.45) is 5.92 Å². The van der Waals surface area contributed by atoms with E-state index in [2.05, 4.69) is 6.58 Å². The van der Waals surface area contributed by atoms with Crippen molar-refractivity contribution < 1.29 is 18.4 Å². The lowest BCUT2D eigenvalue weighted by Crippen LogP contribution is -2.50. The van der Waals surface area contributed by atoms with Crippen LogP contribution in [0.15, 0.2) is 61.3 Å². The fourth-order valence-electron chi connectivity index (χ4n) is 5.58. The Hall–Kier alpha value is -4.92. The molecule has 1 fully saturated rings. The number of anilines is 1. The molecule has 3 aromatic carbocycles. The van der Waals surface area contributed by atoms with Crippen LogP contribution in [0, 0.1) is 35.3 Å². The zero-order valence-corrected chi connectivity index (χ0v) is 22.5. The van der Waals surface area contributed by atoms with Gasteiger partial charge in [0.25, 0.3) is 0 Å². The second-order valence-corrected chi connectivity index (χ2v) is 10.3. The number of likely N-dealkylation sites (tertiary alicyclic amines) is 1. The maximum Gasteiger partial charge on any atom is 0.245 e. The number of rotatable bonds is 9. The van der Waals surface area contributed by atoms with Crippen LogP contribution in [0.3, 0.4) is 0 Å². The molecule has 5 rings (SSSR count). The molecule has 1 amide bonds. The van der Waals surface area contributed by atoms with Gasteiger partial charge in [-0.3, -0.25) is 9.59 Å². The number of ketones is 1. The van der Waals surface area contributed by atoms with Gasteiger partial charge in [-0.05, 0) is 60.0 Å². The normalized spacial score (nSPS) is 13.2. The Morgan fingerprint density at radius 2 is 1.68 bits per heavy atom. The van der Waals surface area contributed by atoms with E-state index >= 15 is 8.78 Å². The first-order valence-corrected chi connectivity index (χ1v) is 13.1. The molecule has 7 nitrogen and oxygen atoms in total. The van der Waals surface area contributed by atoms with Crippen LogP contribution in [0.25, 0.3) is 33.2 Å². The van der Waals surface area contributed by atoms with E-state index in [0.29, 0.717) is 63.8 Å². The van der Waals surface area contributed by atoms with E-state index < -0.39 is 11.6 Å². The minimum absolute atomic E-state index is 0.0342. The zero-order chi connectivity index (χ0) is 29.4. The molecule has 1 aliphatic heterocycles. The second-order valence-electron chi connectivity index (χ2n) is 10.3. The predicted octanol–water partition coefficient (Wildman–Crippen LogP) is 5.74. The van der Waals surface area contributed by atoms with Crippen molar-refractivity contribution in [3.8, 4) is 22.3 Å². The first-order valence-electron chi connectivity index (χ1n) is 13.1. The van der Waals surface area contributed by atoms with Gasteiger partial charge in [-0.25, -0.2) is 8.78 Å². The summed E-state index contributed by atoms with van der Waals surface area (Å²) in [5, 5.41) is 15.9. The Morgan fingerprint density at radius 3 is 2.34 bits per heavy atom. The number of nitrogens with zero attached hydrogens (tertiary/aromatic N) is 2. The summed E-state index contributed by atoms with van der Waals surface area (Å²) in [7, 11) is 0. The fourth-order valence-corrected chi connectivity index (χ4v) is 5.58. The highest BCUT2D eigenvalue weighted by molar-refractivity contribution is 6.02. The minimum Gasteiger partial charge on any atom is -0.398 e. The average Bonchev–Trinajstić information content (AvgIpc) is 3.27. The Bertz CT molecular complexity index is 1750. The quantitative estimate of drug-likeness (QED) is 0.139. The number of Topliss-reactive ketones (excluding diaryl/α,β-unsaturated/α-hetero) is 1. The molecule has 0 unspecified atom stereocenters. The van der Waals surface area contributed by atoms with Crippen LogP contribution in [0.5, 0.6) is 0 Å². The zero-order valence-electron chi connectivity index (χ0n) is 22.5. The Labute approximate surface area is 235 Å². The minimum atomic E-state index is -0.554. The molecule has 1 aromatic heterocycles. The Morgan fingerprint density at radius 1 is 1.02 bits per heavy atom. The average molecular weight is 554 g/mol. The van der Waals surface area contributed by atoms with Crippen LogP contribution >= 0.6 is 0 Å². The fraction of sp³-hybridized carbons (Fsp3) is 0.188. The number of nitrogens with two attached hydrogens (primary N) is 1. The highest BCUT2D eigenvalue weighted by Crippen LogP contribution is 2.39.